The maximum absolute atomic E-state index is 10.8. The molecule has 1 amide bonds. The molecule has 0 unspecified atom stereocenters. The molecule has 210 valence electrons. The standard InChI is InChI=1S/C19H19ClN2O2.C11H17NO.C2H6/c1-14(2)12-19(22(3)17-10-6-4-8-15(17)20)24-18-11-7-5-9-16(18)21-13-23;1-11(2,8-13)9-4-6-10(12-3)7-5-9;1-2/h4-13H,1H2,2-3H3,(H,21,23);4-7,12-13H,8H2,1-3H3;1-2H3/b19-12+;;. The van der Waals surface area contributed by atoms with Gasteiger partial charge in [-0.25, -0.2) is 0 Å². The third-order valence-electron chi connectivity index (χ3n) is 5.58. The molecule has 3 rings (SSSR count). The number of aliphatic hydroxyl groups excluding tert-OH is 1. The number of allylic oxidation sites excluding steroid dienone is 2. The highest BCUT2D eigenvalue weighted by atomic mass is 35.5. The van der Waals surface area contributed by atoms with Crippen molar-refractivity contribution in [1.29, 1.82) is 0 Å². The van der Waals surface area contributed by atoms with Crippen molar-refractivity contribution in [2.75, 3.05) is 36.2 Å². The summed E-state index contributed by atoms with van der Waals surface area (Å²) < 4.78 is 6.03. The van der Waals surface area contributed by atoms with E-state index in [0.717, 1.165) is 22.5 Å². The van der Waals surface area contributed by atoms with Crippen molar-refractivity contribution in [1.82, 2.24) is 0 Å². The van der Waals surface area contributed by atoms with Gasteiger partial charge in [-0.2, -0.15) is 0 Å². The SMILES string of the molecule is C=C(C)/C=C(/Oc1ccccc1NC=O)N(C)c1ccccc1Cl.CC.CNc1ccc(C(C)(C)CO)cc1. The van der Waals surface area contributed by atoms with Gasteiger partial charge in [0.2, 0.25) is 12.3 Å². The second kappa shape index (κ2) is 17.0. The van der Waals surface area contributed by atoms with Gasteiger partial charge >= 0.3 is 0 Å². The predicted octanol–water partition coefficient (Wildman–Crippen LogP) is 7.87. The van der Waals surface area contributed by atoms with Crippen LogP contribution in [0.3, 0.4) is 0 Å². The van der Waals surface area contributed by atoms with Crippen molar-refractivity contribution >= 4 is 35.1 Å². The third-order valence-corrected chi connectivity index (χ3v) is 5.90. The molecular weight excluding hydrogens is 510 g/mol. The highest BCUT2D eigenvalue weighted by Crippen LogP contribution is 2.31. The van der Waals surface area contributed by atoms with Gasteiger partial charge in [0.15, 0.2) is 5.75 Å². The lowest BCUT2D eigenvalue weighted by Gasteiger charge is -2.24. The Balaban J connectivity index is 0.000000428. The Morgan fingerprint density at radius 1 is 1.05 bits per heavy atom. The predicted molar refractivity (Wildman–Crippen MR) is 167 cm³/mol. The number of nitrogens with one attached hydrogen (secondary N) is 2. The van der Waals surface area contributed by atoms with Crippen LogP contribution in [0.15, 0.2) is 96.9 Å². The van der Waals surface area contributed by atoms with E-state index in [0.29, 0.717) is 28.8 Å². The molecule has 3 N–H and O–H groups in total. The number of anilines is 3. The Morgan fingerprint density at radius 3 is 2.18 bits per heavy atom. The van der Waals surface area contributed by atoms with Gasteiger partial charge in [-0.15, -0.1) is 0 Å². The van der Waals surface area contributed by atoms with Crippen molar-refractivity contribution < 1.29 is 14.6 Å². The zero-order valence-corrected chi connectivity index (χ0v) is 24.8. The van der Waals surface area contributed by atoms with Gasteiger partial charge in [0.25, 0.3) is 0 Å². The van der Waals surface area contributed by atoms with Crippen molar-refractivity contribution in [2.24, 2.45) is 0 Å². The topological polar surface area (TPSA) is 73.8 Å². The minimum absolute atomic E-state index is 0.147. The maximum atomic E-state index is 10.8. The molecule has 0 aromatic heterocycles. The van der Waals surface area contributed by atoms with Crippen molar-refractivity contribution in [3.05, 3.63) is 107 Å². The number of benzene rings is 3. The van der Waals surface area contributed by atoms with Crippen LogP contribution in [0.1, 0.15) is 40.2 Å². The number of hydrogen-bond donors (Lipinski definition) is 3. The molecule has 0 fully saturated rings. The van der Waals surface area contributed by atoms with E-state index in [4.69, 9.17) is 21.4 Å². The van der Waals surface area contributed by atoms with Crippen LogP contribution in [0.2, 0.25) is 5.02 Å². The summed E-state index contributed by atoms with van der Waals surface area (Å²) in [7, 11) is 3.75. The molecule has 39 heavy (non-hydrogen) atoms. The van der Waals surface area contributed by atoms with E-state index in [1.165, 1.54) is 0 Å². The van der Waals surface area contributed by atoms with Gasteiger partial charge in [0, 0.05) is 31.3 Å². The largest absolute Gasteiger partial charge is 0.439 e. The lowest BCUT2D eigenvalue weighted by Crippen LogP contribution is -2.21. The van der Waals surface area contributed by atoms with E-state index in [-0.39, 0.29) is 12.0 Å². The molecule has 0 radical (unpaired) electrons. The summed E-state index contributed by atoms with van der Waals surface area (Å²) >= 11 is 6.28. The molecule has 0 aliphatic carbocycles. The van der Waals surface area contributed by atoms with Gasteiger partial charge in [-0.05, 0) is 48.9 Å². The summed E-state index contributed by atoms with van der Waals surface area (Å²) in [6, 6.07) is 22.8. The Bertz CT molecular complexity index is 1210. The molecule has 0 saturated heterocycles. The van der Waals surface area contributed by atoms with E-state index in [2.05, 4.69) is 17.2 Å². The van der Waals surface area contributed by atoms with Crippen LogP contribution in [-0.4, -0.2) is 32.2 Å². The number of aliphatic hydroxyl groups is 1. The molecule has 3 aromatic rings. The Labute approximate surface area is 239 Å². The minimum Gasteiger partial charge on any atom is -0.439 e. The second-order valence-corrected chi connectivity index (χ2v) is 9.48. The number of hydrogen-bond acceptors (Lipinski definition) is 5. The summed E-state index contributed by atoms with van der Waals surface area (Å²) in [5.41, 5.74) is 4.31. The van der Waals surface area contributed by atoms with Gasteiger partial charge in [-0.1, -0.05) is 87.8 Å². The number of ether oxygens (including phenoxy) is 1. The molecule has 0 aliphatic rings. The lowest BCUT2D eigenvalue weighted by molar-refractivity contribution is -0.105. The zero-order chi connectivity index (χ0) is 29.4. The first kappa shape index (κ1) is 33.3. The van der Waals surface area contributed by atoms with E-state index in [1.54, 1.807) is 18.2 Å². The number of para-hydroxylation sites is 3. The average Bonchev–Trinajstić information content (AvgIpc) is 2.95. The summed E-state index contributed by atoms with van der Waals surface area (Å²) in [6.45, 7) is 14.0. The summed E-state index contributed by atoms with van der Waals surface area (Å²) in [4.78, 5) is 12.6. The second-order valence-electron chi connectivity index (χ2n) is 9.07. The van der Waals surface area contributed by atoms with E-state index in [9.17, 15) is 4.79 Å². The fraction of sp³-hybridized carbons (Fsp3) is 0.281. The molecular formula is C32H42ClN3O3. The van der Waals surface area contributed by atoms with Crippen LogP contribution < -0.4 is 20.3 Å². The number of carbonyl (C=O) groups excluding carboxylic acids is 1. The van der Waals surface area contributed by atoms with Crippen LogP contribution in [0.5, 0.6) is 5.75 Å². The Kier molecular flexibility index (Phi) is 14.5. The zero-order valence-electron chi connectivity index (χ0n) is 24.1. The number of nitrogens with zero attached hydrogens (tertiary/aromatic N) is 1. The van der Waals surface area contributed by atoms with Gasteiger partial charge in [-0.3, -0.25) is 4.79 Å². The third kappa shape index (κ3) is 10.5. The molecule has 0 bridgehead atoms. The van der Waals surface area contributed by atoms with Crippen molar-refractivity contribution in [3.63, 3.8) is 0 Å². The average molecular weight is 552 g/mol. The van der Waals surface area contributed by atoms with Gasteiger partial charge < -0.3 is 25.4 Å². The van der Waals surface area contributed by atoms with E-state index in [1.807, 2.05) is 114 Å². The highest BCUT2D eigenvalue weighted by Gasteiger charge is 2.18. The number of carbonyl (C=O) groups is 1. The van der Waals surface area contributed by atoms with E-state index >= 15 is 0 Å². The minimum atomic E-state index is -0.147. The molecule has 0 aliphatic heterocycles. The van der Waals surface area contributed by atoms with Crippen LogP contribution in [0, 0.1) is 0 Å². The first-order chi connectivity index (χ1) is 18.6. The number of halogens is 1. The molecule has 0 spiro atoms. The van der Waals surface area contributed by atoms with Gasteiger partial charge in [0.1, 0.15) is 0 Å². The van der Waals surface area contributed by atoms with Gasteiger partial charge in [0.05, 0.1) is 23.0 Å². The molecule has 6 nitrogen and oxygen atoms in total. The van der Waals surface area contributed by atoms with E-state index < -0.39 is 0 Å². The fourth-order valence-electron chi connectivity index (χ4n) is 3.28. The van der Waals surface area contributed by atoms with Crippen LogP contribution in [0.4, 0.5) is 17.1 Å². The van der Waals surface area contributed by atoms with Crippen molar-refractivity contribution in [2.45, 2.75) is 40.0 Å². The van der Waals surface area contributed by atoms with Crippen LogP contribution in [-0.2, 0) is 10.2 Å². The Hall–Kier alpha value is -3.74. The maximum Gasteiger partial charge on any atom is 0.211 e. The highest BCUT2D eigenvalue weighted by molar-refractivity contribution is 6.33. The fourth-order valence-corrected chi connectivity index (χ4v) is 3.54. The molecule has 0 saturated carbocycles. The van der Waals surface area contributed by atoms with Crippen molar-refractivity contribution in [3.8, 4) is 5.75 Å². The molecule has 7 heteroatoms. The molecule has 0 heterocycles. The normalized spacial score (nSPS) is 10.6. The summed E-state index contributed by atoms with van der Waals surface area (Å²) in [5.74, 6) is 1.06. The van der Waals surface area contributed by atoms with Crippen LogP contribution in [0.25, 0.3) is 0 Å². The lowest BCUT2D eigenvalue weighted by atomic mass is 9.86. The Morgan fingerprint density at radius 2 is 1.64 bits per heavy atom. The molecule has 0 atom stereocenters. The quantitative estimate of drug-likeness (QED) is 0.136. The summed E-state index contributed by atoms with van der Waals surface area (Å²) in [5, 5.41) is 15.5. The first-order valence-corrected chi connectivity index (χ1v) is 13.2. The van der Waals surface area contributed by atoms with Crippen LogP contribution >= 0.6 is 11.6 Å². The smallest absolute Gasteiger partial charge is 0.211 e. The summed E-state index contributed by atoms with van der Waals surface area (Å²) in [6.07, 6.45) is 2.42. The monoisotopic (exact) mass is 551 g/mol. The number of rotatable bonds is 10. The number of amides is 1. The molecule has 3 aromatic carbocycles. The first-order valence-electron chi connectivity index (χ1n) is 12.8.